The van der Waals surface area contributed by atoms with Gasteiger partial charge in [-0.3, -0.25) is 0 Å². The summed E-state index contributed by atoms with van der Waals surface area (Å²) >= 11 is 11.0. The quantitative estimate of drug-likeness (QED) is 0.876. The fourth-order valence-electron chi connectivity index (χ4n) is 1.59. The van der Waals surface area contributed by atoms with Crippen LogP contribution in [0.5, 0.6) is 5.75 Å². The molecule has 2 nitrogen and oxygen atoms in total. The van der Waals surface area contributed by atoms with Crippen LogP contribution in [0, 0.1) is 0 Å². The number of ether oxygens (including phenoxy) is 1. The number of thiophene rings is 1. The average molecular weight is 347 g/mol. The number of rotatable bonds is 4. The molecule has 1 aromatic heterocycles. The summed E-state index contributed by atoms with van der Waals surface area (Å²) in [5.74, 6) is 0.745. The molecule has 2 N–H and O–H groups in total. The van der Waals surface area contributed by atoms with Gasteiger partial charge < -0.3 is 10.5 Å². The second-order valence-electron chi connectivity index (χ2n) is 3.99. The highest BCUT2D eigenvalue weighted by atomic mass is 79.9. The van der Waals surface area contributed by atoms with Crippen LogP contribution in [0.15, 0.2) is 40.2 Å². The van der Waals surface area contributed by atoms with Gasteiger partial charge in [0.1, 0.15) is 11.9 Å². The van der Waals surface area contributed by atoms with Crippen LogP contribution < -0.4 is 10.5 Å². The predicted molar refractivity (Wildman–Crippen MR) is 80.5 cm³/mol. The fraction of sp³-hybridized carbons (Fsp3) is 0.231. The van der Waals surface area contributed by atoms with Gasteiger partial charge in [-0.05, 0) is 52.5 Å². The first-order valence-electron chi connectivity index (χ1n) is 5.48. The highest BCUT2D eigenvalue weighted by molar-refractivity contribution is 9.10. The molecular formula is C13H13BrClNOS. The van der Waals surface area contributed by atoms with Crippen molar-refractivity contribution >= 4 is 38.9 Å². The Bertz CT molecular complexity index is 516. The molecule has 18 heavy (non-hydrogen) atoms. The molecule has 2 rings (SSSR count). The fourth-order valence-corrected chi connectivity index (χ4v) is 3.23. The molecule has 0 saturated carbocycles. The topological polar surface area (TPSA) is 35.2 Å². The molecule has 2 aromatic rings. The lowest BCUT2D eigenvalue weighted by molar-refractivity contribution is 0.183. The maximum Gasteiger partial charge on any atom is 0.148 e. The van der Waals surface area contributed by atoms with E-state index in [0.717, 1.165) is 15.1 Å². The normalized spacial score (nSPS) is 14.2. The van der Waals surface area contributed by atoms with E-state index in [2.05, 4.69) is 15.9 Å². The number of benzene rings is 1. The van der Waals surface area contributed by atoms with Crippen LogP contribution in [0.2, 0.25) is 5.02 Å². The average Bonchev–Trinajstić information content (AvgIpc) is 2.80. The Morgan fingerprint density at radius 1 is 1.39 bits per heavy atom. The van der Waals surface area contributed by atoms with Gasteiger partial charge in [-0.2, -0.15) is 0 Å². The molecule has 0 bridgehead atoms. The van der Waals surface area contributed by atoms with E-state index in [9.17, 15) is 0 Å². The molecule has 1 aromatic carbocycles. The molecule has 0 saturated heterocycles. The molecule has 0 aliphatic carbocycles. The SMILES string of the molecule is CC(N)C(Oc1ccc(Cl)cc1Br)c1cccs1. The maximum absolute atomic E-state index is 6.00. The minimum absolute atomic E-state index is 0.0915. The Hall–Kier alpha value is -0.550. The molecule has 0 spiro atoms. The zero-order valence-corrected chi connectivity index (χ0v) is 12.9. The summed E-state index contributed by atoms with van der Waals surface area (Å²) in [7, 11) is 0. The number of hydrogen-bond donors (Lipinski definition) is 1. The molecular weight excluding hydrogens is 334 g/mol. The van der Waals surface area contributed by atoms with Gasteiger partial charge in [0.2, 0.25) is 0 Å². The third-order valence-electron chi connectivity index (χ3n) is 2.45. The lowest BCUT2D eigenvalue weighted by atomic mass is 10.1. The number of halogens is 2. The van der Waals surface area contributed by atoms with E-state index in [-0.39, 0.29) is 12.1 Å². The van der Waals surface area contributed by atoms with E-state index in [4.69, 9.17) is 22.1 Å². The summed E-state index contributed by atoms with van der Waals surface area (Å²) in [6.07, 6.45) is -0.150. The largest absolute Gasteiger partial charge is 0.482 e. The van der Waals surface area contributed by atoms with E-state index in [1.807, 2.05) is 36.6 Å². The molecule has 2 atom stereocenters. The van der Waals surface area contributed by atoms with Crippen molar-refractivity contribution in [2.24, 2.45) is 5.73 Å². The van der Waals surface area contributed by atoms with Crippen LogP contribution in [-0.4, -0.2) is 6.04 Å². The molecule has 0 radical (unpaired) electrons. The lowest BCUT2D eigenvalue weighted by Crippen LogP contribution is -2.28. The van der Waals surface area contributed by atoms with Crippen molar-refractivity contribution in [1.82, 2.24) is 0 Å². The van der Waals surface area contributed by atoms with Crippen LogP contribution >= 0.6 is 38.9 Å². The number of hydrogen-bond acceptors (Lipinski definition) is 3. The molecule has 0 aliphatic rings. The van der Waals surface area contributed by atoms with Gasteiger partial charge in [0, 0.05) is 15.9 Å². The minimum atomic E-state index is -0.150. The van der Waals surface area contributed by atoms with Crippen LogP contribution in [0.25, 0.3) is 0 Å². The molecule has 5 heteroatoms. The van der Waals surface area contributed by atoms with Gasteiger partial charge in [0.15, 0.2) is 0 Å². The molecule has 2 unspecified atom stereocenters. The van der Waals surface area contributed by atoms with Gasteiger partial charge in [-0.1, -0.05) is 17.7 Å². The van der Waals surface area contributed by atoms with Gasteiger partial charge >= 0.3 is 0 Å². The lowest BCUT2D eigenvalue weighted by Gasteiger charge is -2.22. The molecule has 0 aliphatic heterocycles. The Morgan fingerprint density at radius 3 is 2.72 bits per heavy atom. The molecule has 1 heterocycles. The standard InChI is InChI=1S/C13H13BrClNOS/c1-8(16)13(12-3-2-6-18-12)17-11-5-4-9(15)7-10(11)14/h2-8,13H,16H2,1H3. The zero-order valence-electron chi connectivity index (χ0n) is 9.77. The van der Waals surface area contributed by atoms with Crippen molar-refractivity contribution in [2.45, 2.75) is 19.1 Å². The highest BCUT2D eigenvalue weighted by Crippen LogP contribution is 2.33. The monoisotopic (exact) mass is 345 g/mol. The van der Waals surface area contributed by atoms with Gasteiger partial charge in [-0.25, -0.2) is 0 Å². The number of nitrogens with two attached hydrogens (primary N) is 1. The van der Waals surface area contributed by atoms with Gasteiger partial charge in [0.25, 0.3) is 0 Å². The van der Waals surface area contributed by atoms with Crippen molar-refractivity contribution in [3.05, 3.63) is 50.1 Å². The van der Waals surface area contributed by atoms with Crippen molar-refractivity contribution in [1.29, 1.82) is 0 Å². The molecule has 96 valence electrons. The van der Waals surface area contributed by atoms with Crippen LogP contribution in [-0.2, 0) is 0 Å². The first-order valence-corrected chi connectivity index (χ1v) is 7.53. The first kappa shape index (κ1) is 13.9. The van der Waals surface area contributed by atoms with Crippen molar-refractivity contribution < 1.29 is 4.74 Å². The highest BCUT2D eigenvalue weighted by Gasteiger charge is 2.20. The van der Waals surface area contributed by atoms with Crippen molar-refractivity contribution in [2.75, 3.05) is 0 Å². The third kappa shape index (κ3) is 3.26. The predicted octanol–water partition coefficient (Wildman–Crippen LogP) is 4.63. The van der Waals surface area contributed by atoms with E-state index >= 15 is 0 Å². The second-order valence-corrected chi connectivity index (χ2v) is 6.26. The van der Waals surface area contributed by atoms with Gasteiger partial charge in [0.05, 0.1) is 4.47 Å². The summed E-state index contributed by atoms with van der Waals surface area (Å²) < 4.78 is 6.82. The van der Waals surface area contributed by atoms with E-state index in [1.54, 1.807) is 17.4 Å². The van der Waals surface area contributed by atoms with E-state index in [1.165, 1.54) is 0 Å². The Labute approximate surface area is 124 Å². The zero-order chi connectivity index (χ0) is 13.1. The summed E-state index contributed by atoms with van der Waals surface area (Å²) in [4.78, 5) is 1.12. The Kier molecular flexibility index (Phi) is 4.67. The third-order valence-corrected chi connectivity index (χ3v) is 4.24. The van der Waals surface area contributed by atoms with E-state index in [0.29, 0.717) is 5.02 Å². The summed E-state index contributed by atoms with van der Waals surface area (Å²) in [6.45, 7) is 1.94. The van der Waals surface area contributed by atoms with Crippen LogP contribution in [0.4, 0.5) is 0 Å². The second kappa shape index (κ2) is 6.06. The summed E-state index contributed by atoms with van der Waals surface area (Å²) in [5, 5.41) is 2.69. The van der Waals surface area contributed by atoms with Gasteiger partial charge in [-0.15, -0.1) is 11.3 Å². The first-order chi connectivity index (χ1) is 8.58. The summed E-state index contributed by atoms with van der Waals surface area (Å²) in [5.41, 5.74) is 6.00. The molecule has 0 amide bonds. The smallest absolute Gasteiger partial charge is 0.148 e. The Balaban J connectivity index is 2.24. The summed E-state index contributed by atoms with van der Waals surface area (Å²) in [6, 6.07) is 9.39. The van der Waals surface area contributed by atoms with Crippen molar-refractivity contribution in [3.63, 3.8) is 0 Å². The molecule has 0 fully saturated rings. The van der Waals surface area contributed by atoms with Crippen LogP contribution in [0.1, 0.15) is 17.9 Å². The van der Waals surface area contributed by atoms with E-state index < -0.39 is 0 Å². The van der Waals surface area contributed by atoms with Crippen molar-refractivity contribution in [3.8, 4) is 5.75 Å². The van der Waals surface area contributed by atoms with Crippen LogP contribution in [0.3, 0.4) is 0 Å². The maximum atomic E-state index is 6.00. The Morgan fingerprint density at radius 2 is 2.17 bits per heavy atom. The minimum Gasteiger partial charge on any atom is -0.482 e.